The fourth-order valence-corrected chi connectivity index (χ4v) is 4.01. The van der Waals surface area contributed by atoms with Gasteiger partial charge in [0.2, 0.25) is 5.91 Å². The van der Waals surface area contributed by atoms with Gasteiger partial charge in [-0.25, -0.2) is 4.68 Å². The molecular weight excluding hydrogens is 527 g/mol. The number of hydrogen-bond donors (Lipinski definition) is 1. The van der Waals surface area contributed by atoms with Crippen LogP contribution in [0.4, 0.5) is 5.82 Å². The highest BCUT2D eigenvalue weighted by Gasteiger charge is 2.24. The lowest BCUT2D eigenvalue weighted by Gasteiger charge is -2.23. The number of hydrogen-bond acceptors (Lipinski definition) is 5. The zero-order chi connectivity index (χ0) is 28.0. The summed E-state index contributed by atoms with van der Waals surface area (Å²) in [5.41, 5.74) is 1.53. The van der Waals surface area contributed by atoms with Crippen molar-refractivity contribution in [3.63, 3.8) is 0 Å². The fourth-order valence-electron chi connectivity index (χ4n) is 3.72. The largest absolute Gasteiger partial charge is 0.497 e. The Morgan fingerprint density at radius 2 is 1.66 bits per heavy atom. The molecule has 0 saturated carbocycles. The molecule has 0 fully saturated rings. The molecule has 3 rings (SSSR count). The standard InChI is InChI=1S/C28H34Cl2N4O4/c1-7-8-11-33(27(36)18-12-20(37-5)15-21(13-18)38-6)17-26(35)31-25-16-24(28(2,3)4)32-34(25)19-9-10-22(29)23(30)14-19/h9-10,12-16H,7-8,11,17H2,1-6H3,(H,31,35). The van der Waals surface area contributed by atoms with Crippen molar-refractivity contribution in [1.82, 2.24) is 14.7 Å². The third kappa shape index (κ3) is 7.20. The van der Waals surface area contributed by atoms with Crippen LogP contribution < -0.4 is 14.8 Å². The van der Waals surface area contributed by atoms with Gasteiger partial charge >= 0.3 is 0 Å². The van der Waals surface area contributed by atoms with Gasteiger partial charge in [-0.1, -0.05) is 57.3 Å². The zero-order valence-electron chi connectivity index (χ0n) is 22.6. The molecule has 0 saturated heterocycles. The maximum atomic E-state index is 13.5. The monoisotopic (exact) mass is 560 g/mol. The van der Waals surface area contributed by atoms with E-state index < -0.39 is 0 Å². The molecule has 0 atom stereocenters. The Kier molecular flexibility index (Phi) is 9.68. The second-order valence-corrected chi connectivity index (χ2v) is 10.7. The minimum Gasteiger partial charge on any atom is -0.497 e. The second-order valence-electron chi connectivity index (χ2n) is 9.90. The Labute approximate surface area is 233 Å². The van der Waals surface area contributed by atoms with E-state index >= 15 is 0 Å². The molecule has 0 aliphatic heterocycles. The van der Waals surface area contributed by atoms with Gasteiger partial charge in [-0.15, -0.1) is 0 Å². The summed E-state index contributed by atoms with van der Waals surface area (Å²) in [5, 5.41) is 8.45. The van der Waals surface area contributed by atoms with E-state index in [1.165, 1.54) is 19.1 Å². The van der Waals surface area contributed by atoms with E-state index in [-0.39, 0.29) is 23.8 Å². The normalized spacial score (nSPS) is 11.3. The van der Waals surface area contributed by atoms with E-state index in [1.807, 2.05) is 33.8 Å². The molecule has 0 bridgehead atoms. The lowest BCUT2D eigenvalue weighted by Crippen LogP contribution is -2.39. The van der Waals surface area contributed by atoms with Crippen LogP contribution in [0.3, 0.4) is 0 Å². The predicted octanol–water partition coefficient (Wildman–Crippen LogP) is 6.37. The van der Waals surface area contributed by atoms with Gasteiger partial charge in [0.15, 0.2) is 0 Å². The van der Waals surface area contributed by atoms with Crippen LogP contribution in [0.2, 0.25) is 10.0 Å². The van der Waals surface area contributed by atoms with E-state index in [0.717, 1.165) is 18.5 Å². The number of methoxy groups -OCH3 is 2. The summed E-state index contributed by atoms with van der Waals surface area (Å²) in [6.45, 7) is 8.41. The number of anilines is 1. The topological polar surface area (TPSA) is 85.7 Å². The van der Waals surface area contributed by atoms with Crippen LogP contribution in [-0.2, 0) is 10.2 Å². The molecule has 1 heterocycles. The lowest BCUT2D eigenvalue weighted by molar-refractivity contribution is -0.117. The van der Waals surface area contributed by atoms with E-state index in [0.29, 0.717) is 45.2 Å². The maximum absolute atomic E-state index is 13.5. The molecule has 2 aromatic carbocycles. The van der Waals surface area contributed by atoms with Crippen LogP contribution in [0.1, 0.15) is 56.6 Å². The molecule has 2 amide bonds. The van der Waals surface area contributed by atoms with Gasteiger partial charge in [0.1, 0.15) is 23.9 Å². The summed E-state index contributed by atoms with van der Waals surface area (Å²) < 4.78 is 12.2. The van der Waals surface area contributed by atoms with E-state index in [9.17, 15) is 9.59 Å². The average Bonchev–Trinajstić information content (AvgIpc) is 3.31. The number of rotatable bonds is 10. The quantitative estimate of drug-likeness (QED) is 0.311. The molecule has 10 heteroatoms. The molecule has 8 nitrogen and oxygen atoms in total. The molecular formula is C28H34Cl2N4O4. The molecule has 1 N–H and O–H groups in total. The lowest BCUT2D eigenvalue weighted by atomic mass is 9.92. The van der Waals surface area contributed by atoms with Crippen molar-refractivity contribution in [2.75, 3.05) is 32.6 Å². The van der Waals surface area contributed by atoms with Gasteiger partial charge in [-0.2, -0.15) is 5.10 Å². The first-order valence-corrected chi connectivity index (χ1v) is 13.1. The minimum atomic E-state index is -0.356. The van der Waals surface area contributed by atoms with E-state index in [1.54, 1.807) is 41.1 Å². The van der Waals surface area contributed by atoms with Crippen molar-refractivity contribution in [2.24, 2.45) is 0 Å². The Morgan fingerprint density at radius 1 is 1.00 bits per heavy atom. The summed E-state index contributed by atoms with van der Waals surface area (Å²) in [7, 11) is 3.04. The van der Waals surface area contributed by atoms with Crippen LogP contribution in [-0.4, -0.2) is 53.8 Å². The molecule has 3 aromatic rings. The number of nitrogens with one attached hydrogen (secondary N) is 1. The number of ether oxygens (including phenoxy) is 2. The van der Waals surface area contributed by atoms with Crippen molar-refractivity contribution in [2.45, 2.75) is 46.0 Å². The summed E-state index contributed by atoms with van der Waals surface area (Å²) in [4.78, 5) is 28.3. The van der Waals surface area contributed by atoms with Gasteiger partial charge in [0.05, 0.1) is 35.6 Å². The first-order chi connectivity index (χ1) is 18.0. The molecule has 204 valence electrons. The first kappa shape index (κ1) is 29.3. The smallest absolute Gasteiger partial charge is 0.254 e. The minimum absolute atomic E-state index is 0.143. The number of unbranched alkanes of at least 4 members (excludes halogenated alkanes) is 1. The van der Waals surface area contributed by atoms with Crippen LogP contribution in [0.5, 0.6) is 11.5 Å². The summed E-state index contributed by atoms with van der Waals surface area (Å²) in [6.07, 6.45) is 1.61. The summed E-state index contributed by atoms with van der Waals surface area (Å²) in [5.74, 6) is 0.801. The Morgan fingerprint density at radius 3 is 2.21 bits per heavy atom. The van der Waals surface area contributed by atoms with Crippen molar-refractivity contribution < 1.29 is 19.1 Å². The third-order valence-electron chi connectivity index (χ3n) is 5.89. The fraction of sp³-hybridized carbons (Fsp3) is 0.393. The molecule has 0 unspecified atom stereocenters. The third-order valence-corrected chi connectivity index (χ3v) is 6.63. The van der Waals surface area contributed by atoms with Crippen LogP contribution in [0, 0.1) is 0 Å². The van der Waals surface area contributed by atoms with Crippen molar-refractivity contribution in [3.8, 4) is 17.2 Å². The zero-order valence-corrected chi connectivity index (χ0v) is 24.1. The van der Waals surface area contributed by atoms with Crippen LogP contribution in [0.25, 0.3) is 5.69 Å². The number of amides is 2. The van der Waals surface area contributed by atoms with Gasteiger partial charge in [-0.05, 0) is 36.8 Å². The number of carbonyl (C=O) groups is 2. The molecule has 1 aromatic heterocycles. The summed E-state index contributed by atoms with van der Waals surface area (Å²) in [6, 6.07) is 11.9. The molecule has 38 heavy (non-hydrogen) atoms. The number of nitrogens with zero attached hydrogens (tertiary/aromatic N) is 3. The molecule has 0 aliphatic rings. The highest BCUT2D eigenvalue weighted by molar-refractivity contribution is 6.42. The predicted molar refractivity (Wildman–Crippen MR) is 151 cm³/mol. The van der Waals surface area contributed by atoms with Crippen molar-refractivity contribution in [1.29, 1.82) is 0 Å². The molecule has 0 spiro atoms. The van der Waals surface area contributed by atoms with Crippen LogP contribution >= 0.6 is 23.2 Å². The highest BCUT2D eigenvalue weighted by Crippen LogP contribution is 2.30. The molecule has 0 radical (unpaired) electrons. The second kappa shape index (κ2) is 12.5. The van der Waals surface area contributed by atoms with E-state index in [4.69, 9.17) is 37.8 Å². The number of halogens is 2. The van der Waals surface area contributed by atoms with E-state index in [2.05, 4.69) is 5.32 Å². The Hall–Kier alpha value is -3.23. The Bertz CT molecular complexity index is 1280. The molecule has 0 aliphatic carbocycles. The van der Waals surface area contributed by atoms with Crippen molar-refractivity contribution >= 4 is 40.8 Å². The Balaban J connectivity index is 1.90. The van der Waals surface area contributed by atoms with Gasteiger partial charge in [0.25, 0.3) is 5.91 Å². The van der Waals surface area contributed by atoms with Crippen LogP contribution in [0.15, 0.2) is 42.5 Å². The van der Waals surface area contributed by atoms with Gasteiger partial charge in [0, 0.05) is 29.7 Å². The number of carbonyl (C=O) groups excluding carboxylic acids is 2. The number of aromatic nitrogens is 2. The highest BCUT2D eigenvalue weighted by atomic mass is 35.5. The SMILES string of the molecule is CCCCN(CC(=O)Nc1cc(C(C)(C)C)nn1-c1ccc(Cl)c(Cl)c1)C(=O)c1cc(OC)cc(OC)c1. The van der Waals surface area contributed by atoms with Gasteiger partial charge in [-0.3, -0.25) is 9.59 Å². The average molecular weight is 562 g/mol. The van der Waals surface area contributed by atoms with Gasteiger partial charge < -0.3 is 19.7 Å². The number of benzene rings is 2. The first-order valence-electron chi connectivity index (χ1n) is 12.3. The van der Waals surface area contributed by atoms with Crippen molar-refractivity contribution in [3.05, 3.63) is 63.8 Å². The summed E-state index contributed by atoms with van der Waals surface area (Å²) >= 11 is 12.4. The maximum Gasteiger partial charge on any atom is 0.254 e.